The first-order chi connectivity index (χ1) is 13.5. The molecule has 0 bridgehead atoms. The second kappa shape index (κ2) is 6.92. The zero-order chi connectivity index (χ0) is 19.8. The summed E-state index contributed by atoms with van der Waals surface area (Å²) in [7, 11) is 0. The standard InChI is InChI=1S/C21H18N2O5/c1-12-4-8-16(19(25)22-12)23-20(26)14-7-5-13(11-15(14)21(23)27)6-9-17(24)18-3-2-10-28-18/h2-3,5,7,10-11,16H,1,4,6,8-9H2,(H,22,25). The van der Waals surface area contributed by atoms with Crippen molar-refractivity contribution in [2.75, 3.05) is 0 Å². The number of ketones is 1. The smallest absolute Gasteiger partial charge is 0.262 e. The molecule has 3 heterocycles. The average molecular weight is 378 g/mol. The Morgan fingerprint density at radius 2 is 1.96 bits per heavy atom. The summed E-state index contributed by atoms with van der Waals surface area (Å²) in [5.74, 6) is -1.18. The van der Waals surface area contributed by atoms with Crippen molar-refractivity contribution in [3.05, 3.63) is 71.3 Å². The molecule has 0 spiro atoms. The molecule has 0 radical (unpaired) electrons. The van der Waals surface area contributed by atoms with Crippen molar-refractivity contribution in [3.63, 3.8) is 0 Å². The molecule has 1 N–H and O–H groups in total. The van der Waals surface area contributed by atoms with E-state index >= 15 is 0 Å². The highest BCUT2D eigenvalue weighted by Crippen LogP contribution is 2.29. The zero-order valence-corrected chi connectivity index (χ0v) is 15.1. The van der Waals surface area contributed by atoms with E-state index in [1.807, 2.05) is 0 Å². The molecule has 0 aliphatic carbocycles. The van der Waals surface area contributed by atoms with E-state index in [1.165, 1.54) is 6.26 Å². The third kappa shape index (κ3) is 3.05. The number of benzene rings is 1. The SMILES string of the molecule is C=C1CCC(N2C(=O)c3ccc(CCC(=O)c4ccco4)cc3C2=O)C(=O)N1. The van der Waals surface area contributed by atoms with Crippen LogP contribution >= 0.6 is 0 Å². The van der Waals surface area contributed by atoms with Crippen molar-refractivity contribution in [1.82, 2.24) is 10.2 Å². The van der Waals surface area contributed by atoms with Crippen molar-refractivity contribution in [1.29, 1.82) is 0 Å². The van der Waals surface area contributed by atoms with E-state index in [1.54, 1.807) is 30.3 Å². The van der Waals surface area contributed by atoms with Crippen molar-refractivity contribution in [3.8, 4) is 0 Å². The molecule has 1 unspecified atom stereocenters. The summed E-state index contributed by atoms with van der Waals surface area (Å²) < 4.78 is 5.09. The van der Waals surface area contributed by atoms with Gasteiger partial charge < -0.3 is 9.73 Å². The Balaban J connectivity index is 1.51. The number of hydrogen-bond acceptors (Lipinski definition) is 5. The van der Waals surface area contributed by atoms with Crippen molar-refractivity contribution >= 4 is 23.5 Å². The number of hydrogen-bond donors (Lipinski definition) is 1. The van der Waals surface area contributed by atoms with E-state index in [0.29, 0.717) is 30.7 Å². The van der Waals surface area contributed by atoms with Crippen LogP contribution in [0.15, 0.2) is 53.3 Å². The van der Waals surface area contributed by atoms with Crippen LogP contribution in [0, 0.1) is 0 Å². The highest BCUT2D eigenvalue weighted by atomic mass is 16.3. The number of amides is 3. The number of carbonyl (C=O) groups excluding carboxylic acids is 4. The number of nitrogens with zero attached hydrogens (tertiary/aromatic N) is 1. The second-order valence-electron chi connectivity index (χ2n) is 6.91. The van der Waals surface area contributed by atoms with E-state index in [0.717, 1.165) is 10.5 Å². The van der Waals surface area contributed by atoms with Gasteiger partial charge in [-0.15, -0.1) is 0 Å². The fourth-order valence-electron chi connectivity index (χ4n) is 3.57. The van der Waals surface area contributed by atoms with Crippen LogP contribution < -0.4 is 5.32 Å². The molecule has 2 aliphatic heterocycles. The van der Waals surface area contributed by atoms with Gasteiger partial charge in [-0.2, -0.15) is 0 Å². The maximum absolute atomic E-state index is 12.8. The van der Waals surface area contributed by atoms with Crippen LogP contribution in [0.1, 0.15) is 56.1 Å². The summed E-state index contributed by atoms with van der Waals surface area (Å²) in [6.45, 7) is 3.71. The Labute approximate surface area is 161 Å². The Morgan fingerprint density at radius 1 is 1.18 bits per heavy atom. The Hall–Kier alpha value is -3.48. The molecule has 2 aliphatic rings. The quantitative estimate of drug-likeness (QED) is 0.637. The molecule has 28 heavy (non-hydrogen) atoms. The number of rotatable bonds is 5. The molecule has 7 nitrogen and oxygen atoms in total. The van der Waals surface area contributed by atoms with Gasteiger partial charge in [0.15, 0.2) is 11.5 Å². The number of allylic oxidation sites excluding steroid dienone is 1. The number of fused-ring (bicyclic) bond motifs is 1. The molecule has 1 atom stereocenters. The molecular formula is C21H18N2O5. The van der Waals surface area contributed by atoms with E-state index in [4.69, 9.17) is 4.42 Å². The fraction of sp³-hybridized carbons (Fsp3) is 0.238. The molecular weight excluding hydrogens is 360 g/mol. The van der Waals surface area contributed by atoms with E-state index in [-0.39, 0.29) is 23.3 Å². The maximum atomic E-state index is 12.8. The van der Waals surface area contributed by atoms with Crippen molar-refractivity contribution < 1.29 is 23.6 Å². The molecule has 1 fully saturated rings. The maximum Gasteiger partial charge on any atom is 0.262 e. The van der Waals surface area contributed by atoms with Crippen LogP contribution in [0.3, 0.4) is 0 Å². The predicted octanol–water partition coefficient (Wildman–Crippen LogP) is 2.48. The Bertz CT molecular complexity index is 1010. The zero-order valence-electron chi connectivity index (χ0n) is 15.1. The van der Waals surface area contributed by atoms with Gasteiger partial charge in [-0.05, 0) is 49.1 Å². The third-order valence-corrected chi connectivity index (χ3v) is 5.05. The largest absolute Gasteiger partial charge is 0.461 e. The van der Waals surface area contributed by atoms with Crippen LogP contribution in [-0.2, 0) is 11.2 Å². The van der Waals surface area contributed by atoms with E-state index in [2.05, 4.69) is 11.9 Å². The van der Waals surface area contributed by atoms with Gasteiger partial charge >= 0.3 is 0 Å². The highest BCUT2D eigenvalue weighted by molar-refractivity contribution is 6.23. The lowest BCUT2D eigenvalue weighted by Crippen LogP contribution is -2.51. The minimum atomic E-state index is -0.832. The molecule has 1 aromatic carbocycles. The second-order valence-corrected chi connectivity index (χ2v) is 6.91. The molecule has 142 valence electrons. The first-order valence-corrected chi connectivity index (χ1v) is 9.02. The summed E-state index contributed by atoms with van der Waals surface area (Å²) in [6, 6.07) is 7.37. The number of Topliss-reactive ketones (excluding diaryl/α,β-unsaturated/α-hetero) is 1. The summed E-state index contributed by atoms with van der Waals surface area (Å²) >= 11 is 0. The lowest BCUT2D eigenvalue weighted by atomic mass is 10.0. The van der Waals surface area contributed by atoms with Crippen LogP contribution in [0.25, 0.3) is 0 Å². The summed E-state index contributed by atoms with van der Waals surface area (Å²) in [5, 5.41) is 2.61. The highest BCUT2D eigenvalue weighted by Gasteiger charge is 2.43. The van der Waals surface area contributed by atoms with Crippen LogP contribution in [0.4, 0.5) is 0 Å². The lowest BCUT2D eigenvalue weighted by Gasteiger charge is -2.29. The summed E-state index contributed by atoms with van der Waals surface area (Å²) in [4.78, 5) is 50.9. The number of nitrogens with one attached hydrogen (secondary N) is 1. The van der Waals surface area contributed by atoms with Crippen LogP contribution in [0.2, 0.25) is 0 Å². The summed E-state index contributed by atoms with van der Waals surface area (Å²) in [6.07, 6.45) is 2.96. The topological polar surface area (TPSA) is 96.7 Å². The minimum absolute atomic E-state index is 0.131. The van der Waals surface area contributed by atoms with E-state index < -0.39 is 23.8 Å². The molecule has 1 aromatic heterocycles. The first kappa shape index (κ1) is 17.9. The van der Waals surface area contributed by atoms with Gasteiger partial charge in [0.25, 0.3) is 11.8 Å². The van der Waals surface area contributed by atoms with Crippen molar-refractivity contribution in [2.45, 2.75) is 31.7 Å². The number of carbonyl (C=O) groups is 4. The van der Waals surface area contributed by atoms with Gasteiger partial charge in [0, 0.05) is 12.1 Å². The number of furan rings is 1. The number of aryl methyl sites for hydroxylation is 1. The molecule has 0 saturated carbocycles. The van der Waals surface area contributed by atoms with Crippen LogP contribution in [0.5, 0.6) is 0 Å². The molecule has 4 rings (SSSR count). The minimum Gasteiger partial charge on any atom is -0.461 e. The van der Waals surface area contributed by atoms with Gasteiger partial charge in [-0.3, -0.25) is 24.1 Å². The fourth-order valence-corrected chi connectivity index (χ4v) is 3.57. The van der Waals surface area contributed by atoms with Gasteiger partial charge in [0.1, 0.15) is 6.04 Å². The lowest BCUT2D eigenvalue weighted by molar-refractivity contribution is -0.125. The summed E-state index contributed by atoms with van der Waals surface area (Å²) in [5.41, 5.74) is 1.90. The average Bonchev–Trinajstić information content (AvgIpc) is 3.29. The number of piperidine rings is 1. The van der Waals surface area contributed by atoms with E-state index in [9.17, 15) is 19.2 Å². The van der Waals surface area contributed by atoms with Gasteiger partial charge in [0.05, 0.1) is 17.4 Å². The molecule has 2 aromatic rings. The molecule has 7 heteroatoms. The molecule has 3 amide bonds. The monoisotopic (exact) mass is 378 g/mol. The Kier molecular flexibility index (Phi) is 4.43. The first-order valence-electron chi connectivity index (χ1n) is 9.02. The molecule has 1 saturated heterocycles. The van der Waals surface area contributed by atoms with Crippen LogP contribution in [-0.4, -0.2) is 34.4 Å². The van der Waals surface area contributed by atoms with Gasteiger partial charge in [0.2, 0.25) is 5.91 Å². The third-order valence-electron chi connectivity index (χ3n) is 5.05. The van der Waals surface area contributed by atoms with Crippen molar-refractivity contribution in [2.24, 2.45) is 0 Å². The normalized spacial score (nSPS) is 19.0. The van der Waals surface area contributed by atoms with Gasteiger partial charge in [-0.25, -0.2) is 0 Å². The number of imide groups is 1. The van der Waals surface area contributed by atoms with Gasteiger partial charge in [-0.1, -0.05) is 12.6 Å². The Morgan fingerprint density at radius 3 is 2.68 bits per heavy atom. The predicted molar refractivity (Wildman–Crippen MR) is 98.6 cm³/mol.